The highest BCUT2D eigenvalue weighted by Crippen LogP contribution is 2.37. The molecule has 0 radical (unpaired) electrons. The van der Waals surface area contributed by atoms with Crippen molar-refractivity contribution in [3.8, 4) is 0 Å². The van der Waals surface area contributed by atoms with Crippen LogP contribution in [0.25, 0.3) is 0 Å². The predicted octanol–water partition coefficient (Wildman–Crippen LogP) is 3.86. The van der Waals surface area contributed by atoms with Gasteiger partial charge in [-0.05, 0) is 17.2 Å². The molecule has 0 aromatic heterocycles. The molecule has 2 aromatic carbocycles. The van der Waals surface area contributed by atoms with Gasteiger partial charge in [-0.25, -0.2) is 5.01 Å². The summed E-state index contributed by atoms with van der Waals surface area (Å²) in [4.78, 5) is 15.5. The van der Waals surface area contributed by atoms with Crippen molar-refractivity contribution in [3.63, 3.8) is 0 Å². The number of carbonyl (C=O) groups excluding carboxylic acids is 1. The number of ether oxygens (including phenoxy) is 2. The summed E-state index contributed by atoms with van der Waals surface area (Å²) in [5.41, 5.74) is 2.87. The largest absolute Gasteiger partial charge is 0.347 e. The third kappa shape index (κ3) is 4.26. The summed E-state index contributed by atoms with van der Waals surface area (Å²) in [6.45, 7) is 3.17. The van der Waals surface area contributed by atoms with Crippen LogP contribution in [0.5, 0.6) is 0 Å². The first-order valence-corrected chi connectivity index (χ1v) is 11.2. The molecule has 2 saturated heterocycles. The lowest BCUT2D eigenvalue weighted by molar-refractivity contribution is -0.186. The van der Waals surface area contributed by atoms with E-state index in [0.29, 0.717) is 31.2 Å². The predicted molar refractivity (Wildman–Crippen MR) is 119 cm³/mol. The molecular formula is C24H26ClN3O3. The molecule has 3 heterocycles. The van der Waals surface area contributed by atoms with Crippen LogP contribution in [0.2, 0.25) is 5.02 Å². The van der Waals surface area contributed by atoms with Crippen molar-refractivity contribution in [3.05, 3.63) is 70.7 Å². The molecule has 0 saturated carbocycles. The molecule has 2 fully saturated rings. The second-order valence-electron chi connectivity index (χ2n) is 8.28. The Bertz CT molecular complexity index is 965. The highest BCUT2D eigenvalue weighted by atomic mass is 35.5. The molecule has 3 aliphatic heterocycles. The number of carbonyl (C=O) groups is 1. The lowest BCUT2D eigenvalue weighted by atomic mass is 9.98. The summed E-state index contributed by atoms with van der Waals surface area (Å²) in [5, 5.41) is 7.05. The first kappa shape index (κ1) is 20.6. The highest BCUT2D eigenvalue weighted by molar-refractivity contribution is 6.31. The Hall–Kier alpha value is -2.25. The lowest BCUT2D eigenvalue weighted by Crippen LogP contribution is -2.48. The molecule has 2 aromatic rings. The Kier molecular flexibility index (Phi) is 5.80. The van der Waals surface area contributed by atoms with Gasteiger partial charge in [-0.2, -0.15) is 5.10 Å². The Labute approximate surface area is 187 Å². The molecule has 1 atom stereocenters. The molecule has 31 heavy (non-hydrogen) atoms. The minimum atomic E-state index is -0.439. The quantitative estimate of drug-likeness (QED) is 0.726. The second-order valence-corrected chi connectivity index (χ2v) is 8.68. The molecule has 162 valence electrons. The fourth-order valence-corrected chi connectivity index (χ4v) is 4.90. The molecule has 5 rings (SSSR count). The average molecular weight is 440 g/mol. The van der Waals surface area contributed by atoms with Crippen LogP contribution in [0.4, 0.5) is 0 Å². The van der Waals surface area contributed by atoms with Gasteiger partial charge in [-0.15, -0.1) is 0 Å². The van der Waals surface area contributed by atoms with Gasteiger partial charge in [0.1, 0.15) is 0 Å². The van der Waals surface area contributed by atoms with E-state index >= 15 is 0 Å². The number of rotatable bonds is 4. The van der Waals surface area contributed by atoms with Crippen molar-refractivity contribution >= 4 is 23.2 Å². The van der Waals surface area contributed by atoms with Crippen LogP contribution in [-0.4, -0.2) is 60.2 Å². The van der Waals surface area contributed by atoms with E-state index in [1.54, 1.807) is 5.01 Å². The Balaban J connectivity index is 1.34. The number of piperidine rings is 1. The van der Waals surface area contributed by atoms with E-state index in [-0.39, 0.29) is 11.9 Å². The number of halogens is 1. The summed E-state index contributed by atoms with van der Waals surface area (Å²) < 4.78 is 11.6. The van der Waals surface area contributed by atoms with Gasteiger partial charge >= 0.3 is 0 Å². The third-order valence-corrected chi connectivity index (χ3v) is 6.67. The fourth-order valence-electron chi connectivity index (χ4n) is 4.63. The maximum atomic E-state index is 13.4. The average Bonchev–Trinajstić information content (AvgIpc) is 3.44. The van der Waals surface area contributed by atoms with Crippen LogP contribution in [0, 0.1) is 0 Å². The van der Waals surface area contributed by atoms with Gasteiger partial charge in [0.25, 0.3) is 5.91 Å². The molecule has 0 aliphatic carbocycles. The lowest BCUT2D eigenvalue weighted by Gasteiger charge is -2.37. The van der Waals surface area contributed by atoms with Gasteiger partial charge in [0.05, 0.1) is 31.5 Å². The number of hydrogen-bond donors (Lipinski definition) is 0. The smallest absolute Gasteiger partial charge is 0.257 e. The van der Waals surface area contributed by atoms with E-state index < -0.39 is 5.79 Å². The van der Waals surface area contributed by atoms with E-state index in [1.807, 2.05) is 54.6 Å². The van der Waals surface area contributed by atoms with Gasteiger partial charge in [0.15, 0.2) is 5.79 Å². The molecular weight excluding hydrogens is 414 g/mol. The number of hydrogen-bond acceptors (Lipinski definition) is 5. The molecule has 0 unspecified atom stereocenters. The first-order chi connectivity index (χ1) is 15.1. The maximum Gasteiger partial charge on any atom is 0.257 e. The van der Waals surface area contributed by atoms with E-state index in [1.165, 1.54) is 0 Å². The summed E-state index contributed by atoms with van der Waals surface area (Å²) >= 11 is 6.50. The zero-order valence-electron chi connectivity index (χ0n) is 17.4. The van der Waals surface area contributed by atoms with Crippen molar-refractivity contribution in [2.75, 3.05) is 32.8 Å². The summed E-state index contributed by atoms with van der Waals surface area (Å²) in [5.74, 6) is -0.452. The van der Waals surface area contributed by atoms with Gasteiger partial charge in [0, 0.05) is 37.4 Å². The molecule has 1 amide bonds. The third-order valence-electron chi connectivity index (χ3n) is 6.33. The van der Waals surface area contributed by atoms with E-state index in [9.17, 15) is 4.79 Å². The minimum absolute atomic E-state index is 0.0138. The standard InChI is InChI=1S/C24H26ClN3O3/c25-20-9-5-4-8-19(20)22-16-21(18-6-2-1-3-7-18)26-28(22)23(29)17-27-12-10-24(11-13-27)30-14-15-31-24/h1-9,22H,10-17H2/t22-/m1/s1. The molecule has 6 nitrogen and oxygen atoms in total. The van der Waals surface area contributed by atoms with Gasteiger partial charge in [0.2, 0.25) is 0 Å². The SMILES string of the molecule is O=C(CN1CCC2(CC1)OCCO2)N1N=C(c2ccccc2)C[C@@H]1c1ccccc1Cl. The van der Waals surface area contributed by atoms with Crippen molar-refractivity contribution in [2.45, 2.75) is 31.1 Å². The molecule has 0 bridgehead atoms. The zero-order chi connectivity index (χ0) is 21.3. The zero-order valence-corrected chi connectivity index (χ0v) is 18.1. The number of likely N-dealkylation sites (tertiary alicyclic amines) is 1. The van der Waals surface area contributed by atoms with Crippen LogP contribution in [0.3, 0.4) is 0 Å². The van der Waals surface area contributed by atoms with Crippen LogP contribution < -0.4 is 0 Å². The van der Waals surface area contributed by atoms with Crippen molar-refractivity contribution < 1.29 is 14.3 Å². The van der Waals surface area contributed by atoms with E-state index in [0.717, 1.165) is 42.8 Å². The van der Waals surface area contributed by atoms with Crippen molar-refractivity contribution in [1.82, 2.24) is 9.91 Å². The van der Waals surface area contributed by atoms with Gasteiger partial charge in [-0.3, -0.25) is 9.69 Å². The minimum Gasteiger partial charge on any atom is -0.347 e. The fraction of sp³-hybridized carbons (Fsp3) is 0.417. The number of benzene rings is 2. The normalized spacial score (nSPS) is 23.3. The molecule has 7 heteroatoms. The second kappa shape index (κ2) is 8.71. The first-order valence-electron chi connectivity index (χ1n) is 10.8. The highest BCUT2D eigenvalue weighted by Gasteiger charge is 2.41. The summed E-state index contributed by atoms with van der Waals surface area (Å²) in [6, 6.07) is 17.5. The molecule has 3 aliphatic rings. The van der Waals surface area contributed by atoms with Crippen LogP contribution in [0.1, 0.15) is 36.4 Å². The Morgan fingerprint density at radius 3 is 2.42 bits per heavy atom. The van der Waals surface area contributed by atoms with Crippen LogP contribution in [0.15, 0.2) is 59.7 Å². The number of hydrazone groups is 1. The topological polar surface area (TPSA) is 54.4 Å². The summed E-state index contributed by atoms with van der Waals surface area (Å²) in [6.07, 6.45) is 2.21. The van der Waals surface area contributed by atoms with Crippen LogP contribution in [-0.2, 0) is 14.3 Å². The Morgan fingerprint density at radius 1 is 1.03 bits per heavy atom. The molecule has 0 N–H and O–H groups in total. The van der Waals surface area contributed by atoms with Crippen LogP contribution >= 0.6 is 11.6 Å². The van der Waals surface area contributed by atoms with Gasteiger partial charge < -0.3 is 9.47 Å². The van der Waals surface area contributed by atoms with Crippen molar-refractivity contribution in [2.24, 2.45) is 5.10 Å². The monoisotopic (exact) mass is 439 g/mol. The van der Waals surface area contributed by atoms with Crippen molar-refractivity contribution in [1.29, 1.82) is 0 Å². The number of nitrogens with zero attached hydrogens (tertiary/aromatic N) is 3. The van der Waals surface area contributed by atoms with E-state index in [2.05, 4.69) is 4.90 Å². The van der Waals surface area contributed by atoms with Gasteiger partial charge in [-0.1, -0.05) is 60.1 Å². The van der Waals surface area contributed by atoms with E-state index in [4.69, 9.17) is 26.2 Å². The molecule has 1 spiro atoms. The Morgan fingerprint density at radius 2 is 1.71 bits per heavy atom. The maximum absolute atomic E-state index is 13.4. The summed E-state index contributed by atoms with van der Waals surface area (Å²) in [7, 11) is 0. The number of amides is 1.